The molecule has 2 aromatic heterocycles. The number of carbonyl (C=O) groups excluding carboxylic acids is 1. The SMILES string of the molecule is CC(C)CCn1ncc(C(=O)N[C@H](C)c2nnc3n2CCCC3)c1C(C)C. The molecule has 0 saturated heterocycles. The summed E-state index contributed by atoms with van der Waals surface area (Å²) < 4.78 is 4.15. The number of amides is 1. The second kappa shape index (κ2) is 8.23. The van der Waals surface area contributed by atoms with E-state index in [1.807, 2.05) is 11.6 Å². The first-order chi connectivity index (χ1) is 12.9. The van der Waals surface area contributed by atoms with Gasteiger partial charge in [-0.05, 0) is 38.0 Å². The maximum absolute atomic E-state index is 13.0. The third-order valence-electron chi connectivity index (χ3n) is 5.21. The maximum Gasteiger partial charge on any atom is 0.255 e. The van der Waals surface area contributed by atoms with E-state index in [-0.39, 0.29) is 17.9 Å². The molecule has 3 heterocycles. The summed E-state index contributed by atoms with van der Waals surface area (Å²) in [4.78, 5) is 13.0. The number of nitrogens with one attached hydrogen (secondary N) is 1. The molecule has 27 heavy (non-hydrogen) atoms. The van der Waals surface area contributed by atoms with Crippen LogP contribution in [-0.4, -0.2) is 30.5 Å². The van der Waals surface area contributed by atoms with Crippen molar-refractivity contribution in [2.75, 3.05) is 0 Å². The first-order valence-corrected chi connectivity index (χ1v) is 10.2. The molecule has 0 aliphatic carbocycles. The van der Waals surface area contributed by atoms with Crippen LogP contribution < -0.4 is 5.32 Å². The summed E-state index contributed by atoms with van der Waals surface area (Å²) in [7, 11) is 0. The van der Waals surface area contributed by atoms with E-state index in [1.54, 1.807) is 6.20 Å². The lowest BCUT2D eigenvalue weighted by Gasteiger charge is -2.19. The van der Waals surface area contributed by atoms with E-state index in [0.717, 1.165) is 56.1 Å². The highest BCUT2D eigenvalue weighted by Gasteiger charge is 2.25. The molecule has 1 aliphatic rings. The van der Waals surface area contributed by atoms with Crippen LogP contribution in [0.3, 0.4) is 0 Å². The minimum Gasteiger partial charge on any atom is -0.342 e. The van der Waals surface area contributed by atoms with Gasteiger partial charge >= 0.3 is 0 Å². The van der Waals surface area contributed by atoms with Gasteiger partial charge in [0.25, 0.3) is 5.91 Å². The van der Waals surface area contributed by atoms with Gasteiger partial charge in [0.1, 0.15) is 5.82 Å². The molecule has 0 radical (unpaired) electrons. The average Bonchev–Trinajstić information content (AvgIpc) is 3.24. The van der Waals surface area contributed by atoms with E-state index in [1.165, 1.54) is 0 Å². The van der Waals surface area contributed by atoms with E-state index in [9.17, 15) is 4.79 Å². The molecule has 1 amide bonds. The Hall–Kier alpha value is -2.18. The molecule has 0 bridgehead atoms. The van der Waals surface area contributed by atoms with Crippen LogP contribution in [0, 0.1) is 5.92 Å². The van der Waals surface area contributed by atoms with Gasteiger partial charge in [-0.1, -0.05) is 27.7 Å². The minimum absolute atomic E-state index is 0.0878. The van der Waals surface area contributed by atoms with E-state index >= 15 is 0 Å². The third kappa shape index (κ3) is 4.22. The predicted molar refractivity (Wildman–Crippen MR) is 105 cm³/mol. The topological polar surface area (TPSA) is 77.6 Å². The first-order valence-electron chi connectivity index (χ1n) is 10.2. The number of hydrogen-bond acceptors (Lipinski definition) is 4. The van der Waals surface area contributed by atoms with Gasteiger partial charge in [-0.3, -0.25) is 9.48 Å². The summed E-state index contributed by atoms with van der Waals surface area (Å²) in [5, 5.41) is 16.2. The molecular formula is C20H32N6O. The third-order valence-corrected chi connectivity index (χ3v) is 5.21. The van der Waals surface area contributed by atoms with Crippen LogP contribution in [0.15, 0.2) is 6.20 Å². The fourth-order valence-electron chi connectivity index (χ4n) is 3.73. The highest BCUT2D eigenvalue weighted by atomic mass is 16.1. The zero-order chi connectivity index (χ0) is 19.6. The molecule has 2 aromatic rings. The van der Waals surface area contributed by atoms with Crippen molar-refractivity contribution in [3.63, 3.8) is 0 Å². The van der Waals surface area contributed by atoms with Crippen molar-refractivity contribution in [3.8, 4) is 0 Å². The molecule has 0 spiro atoms. The number of aryl methyl sites for hydroxylation is 2. The molecule has 0 saturated carbocycles. The standard InChI is InChI=1S/C20H32N6O/c1-13(2)9-11-26-18(14(3)4)16(12-21-26)20(27)22-15(5)19-24-23-17-8-6-7-10-25(17)19/h12-15H,6-11H2,1-5H3,(H,22,27)/t15-/m1/s1. The number of carbonyl (C=O) groups is 1. The summed E-state index contributed by atoms with van der Waals surface area (Å²) in [5.41, 5.74) is 1.67. The lowest BCUT2D eigenvalue weighted by atomic mass is 10.0. The normalized spacial score (nSPS) is 15.2. The smallest absolute Gasteiger partial charge is 0.255 e. The van der Waals surface area contributed by atoms with Gasteiger partial charge in [0.15, 0.2) is 5.82 Å². The molecule has 7 heteroatoms. The van der Waals surface area contributed by atoms with E-state index in [2.05, 4.69) is 52.9 Å². The van der Waals surface area contributed by atoms with Crippen LogP contribution in [0.2, 0.25) is 0 Å². The van der Waals surface area contributed by atoms with Crippen molar-refractivity contribution >= 4 is 5.91 Å². The quantitative estimate of drug-likeness (QED) is 0.807. The number of hydrogen-bond donors (Lipinski definition) is 1. The Morgan fingerprint density at radius 3 is 2.67 bits per heavy atom. The molecule has 1 aliphatic heterocycles. The van der Waals surface area contributed by atoms with Gasteiger partial charge in [-0.25, -0.2) is 0 Å². The lowest BCUT2D eigenvalue weighted by Crippen LogP contribution is -2.30. The van der Waals surface area contributed by atoms with Crippen molar-refractivity contribution in [1.82, 2.24) is 29.9 Å². The van der Waals surface area contributed by atoms with Crippen LogP contribution in [0.4, 0.5) is 0 Å². The van der Waals surface area contributed by atoms with Crippen molar-refractivity contribution in [3.05, 3.63) is 29.1 Å². The fraction of sp³-hybridized carbons (Fsp3) is 0.700. The highest BCUT2D eigenvalue weighted by Crippen LogP contribution is 2.23. The Labute approximate surface area is 161 Å². The van der Waals surface area contributed by atoms with Crippen LogP contribution in [0.5, 0.6) is 0 Å². The highest BCUT2D eigenvalue weighted by molar-refractivity contribution is 5.95. The van der Waals surface area contributed by atoms with Crippen LogP contribution in [0.1, 0.15) is 93.5 Å². The Bertz CT molecular complexity index is 788. The second-order valence-electron chi connectivity index (χ2n) is 8.28. The first kappa shape index (κ1) is 19.6. The summed E-state index contributed by atoms with van der Waals surface area (Å²) in [5.74, 6) is 2.62. The van der Waals surface area contributed by atoms with Gasteiger partial charge in [0.2, 0.25) is 0 Å². The zero-order valence-electron chi connectivity index (χ0n) is 17.2. The lowest BCUT2D eigenvalue weighted by molar-refractivity contribution is 0.0936. The second-order valence-corrected chi connectivity index (χ2v) is 8.28. The van der Waals surface area contributed by atoms with E-state index in [0.29, 0.717) is 11.5 Å². The van der Waals surface area contributed by atoms with Crippen molar-refractivity contribution in [2.45, 2.75) is 85.4 Å². The molecule has 0 aromatic carbocycles. The minimum atomic E-state index is -0.184. The van der Waals surface area contributed by atoms with Gasteiger partial charge in [0, 0.05) is 19.5 Å². The Morgan fingerprint density at radius 2 is 1.96 bits per heavy atom. The van der Waals surface area contributed by atoms with Crippen molar-refractivity contribution < 1.29 is 4.79 Å². The summed E-state index contributed by atoms with van der Waals surface area (Å²) in [6.45, 7) is 12.4. The molecule has 0 unspecified atom stereocenters. The van der Waals surface area contributed by atoms with Gasteiger partial charge in [-0.2, -0.15) is 5.10 Å². The summed E-state index contributed by atoms with van der Waals surface area (Å²) >= 11 is 0. The molecular weight excluding hydrogens is 340 g/mol. The predicted octanol–water partition coefficient (Wildman–Crippen LogP) is 3.47. The number of nitrogens with zero attached hydrogens (tertiary/aromatic N) is 5. The van der Waals surface area contributed by atoms with E-state index in [4.69, 9.17) is 0 Å². The van der Waals surface area contributed by atoms with Crippen LogP contribution in [-0.2, 0) is 19.5 Å². The summed E-state index contributed by atoms with van der Waals surface area (Å²) in [6, 6.07) is -0.184. The Balaban J connectivity index is 1.76. The number of rotatable bonds is 7. The maximum atomic E-state index is 13.0. The van der Waals surface area contributed by atoms with Crippen molar-refractivity contribution in [2.24, 2.45) is 5.92 Å². The van der Waals surface area contributed by atoms with Crippen molar-refractivity contribution in [1.29, 1.82) is 0 Å². The fourth-order valence-corrected chi connectivity index (χ4v) is 3.73. The molecule has 148 valence electrons. The molecule has 7 nitrogen and oxygen atoms in total. The largest absolute Gasteiger partial charge is 0.342 e. The zero-order valence-corrected chi connectivity index (χ0v) is 17.2. The average molecular weight is 373 g/mol. The summed E-state index contributed by atoms with van der Waals surface area (Å²) in [6.07, 6.45) is 6.01. The Morgan fingerprint density at radius 1 is 1.19 bits per heavy atom. The molecule has 1 atom stereocenters. The molecule has 1 N–H and O–H groups in total. The van der Waals surface area contributed by atoms with Gasteiger partial charge < -0.3 is 9.88 Å². The van der Waals surface area contributed by atoms with Crippen LogP contribution in [0.25, 0.3) is 0 Å². The number of fused-ring (bicyclic) bond motifs is 1. The number of aromatic nitrogens is 5. The molecule has 3 rings (SSSR count). The monoisotopic (exact) mass is 372 g/mol. The van der Waals surface area contributed by atoms with E-state index < -0.39 is 0 Å². The molecule has 0 fully saturated rings. The van der Waals surface area contributed by atoms with Crippen LogP contribution >= 0.6 is 0 Å². The van der Waals surface area contributed by atoms with Gasteiger partial charge in [-0.15, -0.1) is 10.2 Å². The Kier molecular flexibility index (Phi) is 5.97. The van der Waals surface area contributed by atoms with Gasteiger partial charge in [0.05, 0.1) is 23.5 Å².